The first kappa shape index (κ1) is 19.0. The molecule has 4 aromatic rings. The summed E-state index contributed by atoms with van der Waals surface area (Å²) >= 11 is 0. The summed E-state index contributed by atoms with van der Waals surface area (Å²) in [4.78, 5) is 0. The smallest absolute Gasteiger partial charge is 0.200 e. The van der Waals surface area contributed by atoms with Crippen LogP contribution in [0, 0.1) is 0 Å². The Hall–Kier alpha value is -3.29. The highest BCUT2D eigenvalue weighted by Gasteiger charge is 2.46. The van der Waals surface area contributed by atoms with Crippen molar-refractivity contribution in [1.29, 1.82) is 0 Å². The van der Waals surface area contributed by atoms with Crippen molar-refractivity contribution < 1.29 is 15.3 Å². The first-order valence-corrected chi connectivity index (χ1v) is 11.4. The third-order valence-electron chi connectivity index (χ3n) is 5.21. The molecule has 4 heteroatoms. The van der Waals surface area contributed by atoms with Crippen LogP contribution in [-0.4, -0.2) is 15.3 Å². The van der Waals surface area contributed by atoms with E-state index < -0.39 is 13.0 Å². The van der Waals surface area contributed by atoms with Gasteiger partial charge in [-0.05, 0) is 48.5 Å². The normalized spacial score (nSPS) is 11.3. The summed E-state index contributed by atoms with van der Waals surface area (Å²) in [7, 11) is -2.19. The van der Waals surface area contributed by atoms with Crippen molar-refractivity contribution in [2.75, 3.05) is 0 Å². The van der Waals surface area contributed by atoms with Crippen molar-refractivity contribution in [1.82, 2.24) is 0 Å². The van der Waals surface area contributed by atoms with Gasteiger partial charge in [0.2, 0.25) is 5.75 Å². The van der Waals surface area contributed by atoms with Gasteiger partial charge in [0.1, 0.15) is 29.3 Å². The Morgan fingerprint density at radius 3 is 1.31 bits per heavy atom. The van der Waals surface area contributed by atoms with Gasteiger partial charge in [0, 0.05) is 5.56 Å². The molecule has 0 amide bonds. The molecule has 0 radical (unpaired) electrons. The molecular weight excluding hydrogens is 379 g/mol. The number of aromatic hydroxyl groups is 3. The average Bonchev–Trinajstić information content (AvgIpc) is 2.79. The van der Waals surface area contributed by atoms with Gasteiger partial charge in [0.25, 0.3) is 0 Å². The zero-order valence-corrected chi connectivity index (χ0v) is 16.7. The van der Waals surface area contributed by atoms with E-state index in [1.165, 1.54) is 22.0 Å². The zero-order chi connectivity index (χ0) is 20.3. The first-order valence-electron chi connectivity index (χ1n) is 9.40. The van der Waals surface area contributed by atoms with Crippen molar-refractivity contribution in [3.05, 3.63) is 109 Å². The lowest BCUT2D eigenvalue weighted by Gasteiger charge is -2.28. The predicted octanol–water partition coefficient (Wildman–Crippen LogP) is 4.30. The Morgan fingerprint density at radius 2 is 0.897 bits per heavy atom. The standard InChI is InChI=1S/C25H21O3P/c26-23-17-16-19(24(27)25(23)28)18-29(20-10-4-1-5-11-20,21-12-6-2-7-13-21)22-14-8-3-9-15-22/h1-17H,18H2,(H2-,26,27,28)/p+1. The lowest BCUT2D eigenvalue weighted by Crippen LogP contribution is -2.32. The Balaban J connectivity index is 2.02. The summed E-state index contributed by atoms with van der Waals surface area (Å²) in [6, 6.07) is 34.1. The van der Waals surface area contributed by atoms with Crippen LogP contribution in [0.15, 0.2) is 103 Å². The van der Waals surface area contributed by atoms with Crippen molar-refractivity contribution in [2.24, 2.45) is 0 Å². The monoisotopic (exact) mass is 401 g/mol. The highest BCUT2D eigenvalue weighted by atomic mass is 31.2. The fourth-order valence-electron chi connectivity index (χ4n) is 3.76. The van der Waals surface area contributed by atoms with E-state index in [-0.39, 0.29) is 11.5 Å². The van der Waals surface area contributed by atoms with E-state index in [4.69, 9.17) is 0 Å². The van der Waals surface area contributed by atoms with E-state index >= 15 is 0 Å². The van der Waals surface area contributed by atoms with E-state index in [0.29, 0.717) is 11.7 Å². The second kappa shape index (κ2) is 7.98. The number of benzene rings is 4. The quantitative estimate of drug-likeness (QED) is 0.345. The van der Waals surface area contributed by atoms with Gasteiger partial charge in [-0.1, -0.05) is 54.6 Å². The van der Waals surface area contributed by atoms with Crippen molar-refractivity contribution >= 4 is 23.2 Å². The molecule has 29 heavy (non-hydrogen) atoms. The van der Waals surface area contributed by atoms with Gasteiger partial charge >= 0.3 is 0 Å². The van der Waals surface area contributed by atoms with E-state index in [0.717, 1.165) is 0 Å². The number of hydrogen-bond donors (Lipinski definition) is 3. The van der Waals surface area contributed by atoms with E-state index in [9.17, 15) is 15.3 Å². The van der Waals surface area contributed by atoms with Crippen LogP contribution in [0.1, 0.15) is 5.56 Å². The Morgan fingerprint density at radius 1 is 0.483 bits per heavy atom. The minimum Gasteiger partial charge on any atom is -0.504 e. The molecule has 3 N–H and O–H groups in total. The summed E-state index contributed by atoms with van der Waals surface area (Å²) in [6.07, 6.45) is 0.519. The molecule has 0 saturated carbocycles. The number of phenols is 3. The maximum absolute atomic E-state index is 10.6. The second-order valence-corrected chi connectivity index (χ2v) is 10.4. The lowest BCUT2D eigenvalue weighted by atomic mass is 10.2. The first-order chi connectivity index (χ1) is 14.1. The molecule has 3 nitrogen and oxygen atoms in total. The van der Waals surface area contributed by atoms with Crippen molar-refractivity contribution in [2.45, 2.75) is 6.16 Å². The van der Waals surface area contributed by atoms with Gasteiger partial charge in [-0.2, -0.15) is 0 Å². The van der Waals surface area contributed by atoms with Gasteiger partial charge < -0.3 is 15.3 Å². The maximum atomic E-state index is 10.6. The van der Waals surface area contributed by atoms with Crippen LogP contribution in [0.3, 0.4) is 0 Å². The highest BCUT2D eigenvalue weighted by molar-refractivity contribution is 7.95. The van der Waals surface area contributed by atoms with Crippen molar-refractivity contribution in [3.8, 4) is 17.2 Å². The largest absolute Gasteiger partial charge is 0.504 e. The molecule has 0 aromatic heterocycles. The van der Waals surface area contributed by atoms with E-state index in [1.807, 2.05) is 54.6 Å². The molecule has 0 saturated heterocycles. The van der Waals surface area contributed by atoms with E-state index in [2.05, 4.69) is 36.4 Å². The minimum atomic E-state index is -2.19. The molecule has 0 bridgehead atoms. The Labute approximate surface area is 170 Å². The van der Waals surface area contributed by atoms with Gasteiger partial charge in [-0.3, -0.25) is 0 Å². The van der Waals surface area contributed by atoms with Crippen LogP contribution in [0.2, 0.25) is 0 Å². The molecule has 0 spiro atoms. The minimum absolute atomic E-state index is 0.267. The molecule has 0 atom stereocenters. The van der Waals surface area contributed by atoms with Gasteiger partial charge in [-0.15, -0.1) is 0 Å². The molecule has 4 rings (SSSR count). The molecule has 4 aromatic carbocycles. The van der Waals surface area contributed by atoms with Gasteiger partial charge in [-0.25, -0.2) is 0 Å². The second-order valence-electron chi connectivity index (χ2n) is 6.92. The molecule has 0 aliphatic rings. The fourth-order valence-corrected chi connectivity index (χ4v) is 8.01. The SMILES string of the molecule is Oc1ccc(C[P+](c2ccccc2)(c2ccccc2)c2ccccc2)c(O)c1O. The van der Waals surface area contributed by atoms with Crippen LogP contribution < -0.4 is 15.9 Å². The maximum Gasteiger partial charge on any atom is 0.200 e. The van der Waals surface area contributed by atoms with Gasteiger partial charge in [0.15, 0.2) is 11.5 Å². The molecule has 0 aliphatic heterocycles. The molecule has 0 fully saturated rings. The third-order valence-corrected chi connectivity index (χ3v) is 9.57. The van der Waals surface area contributed by atoms with Crippen LogP contribution >= 0.6 is 7.26 Å². The molecule has 0 unspecified atom stereocenters. The lowest BCUT2D eigenvalue weighted by molar-refractivity contribution is 0.366. The zero-order valence-electron chi connectivity index (χ0n) is 15.8. The number of hydrogen-bond acceptors (Lipinski definition) is 3. The van der Waals surface area contributed by atoms with Crippen LogP contribution in [0.25, 0.3) is 0 Å². The van der Waals surface area contributed by atoms with Crippen LogP contribution in [0.4, 0.5) is 0 Å². The summed E-state index contributed by atoms with van der Waals surface area (Å²) in [5, 5.41) is 34.0. The third kappa shape index (κ3) is 3.46. The predicted molar refractivity (Wildman–Crippen MR) is 120 cm³/mol. The number of rotatable bonds is 5. The molecule has 0 aliphatic carbocycles. The summed E-state index contributed by atoms with van der Waals surface area (Å²) in [6.45, 7) is 0. The fraction of sp³-hybridized carbons (Fsp3) is 0.0400. The Kier molecular flexibility index (Phi) is 5.24. The average molecular weight is 401 g/mol. The summed E-state index contributed by atoms with van der Waals surface area (Å²) < 4.78 is 0. The topological polar surface area (TPSA) is 60.7 Å². The molecular formula is C25H22O3P+. The number of phenolic OH excluding ortho intramolecular Hbond substituents is 3. The van der Waals surface area contributed by atoms with Crippen molar-refractivity contribution in [3.63, 3.8) is 0 Å². The van der Waals surface area contributed by atoms with Crippen LogP contribution in [0.5, 0.6) is 17.2 Å². The summed E-state index contributed by atoms with van der Waals surface area (Å²) in [5.41, 5.74) is 0.602. The Bertz CT molecular complexity index is 1000. The highest BCUT2D eigenvalue weighted by Crippen LogP contribution is 2.59. The molecule has 144 valence electrons. The van der Waals surface area contributed by atoms with Crippen LogP contribution in [-0.2, 0) is 6.16 Å². The molecule has 0 heterocycles. The van der Waals surface area contributed by atoms with E-state index in [1.54, 1.807) is 6.07 Å². The van der Waals surface area contributed by atoms with Gasteiger partial charge in [0.05, 0.1) is 0 Å². The summed E-state index contributed by atoms with van der Waals surface area (Å²) in [5.74, 6) is -1.07.